The molecule has 0 spiro atoms. The number of esters is 1. The van der Waals surface area contributed by atoms with Crippen molar-refractivity contribution in [3.63, 3.8) is 0 Å². The average Bonchev–Trinajstić information content (AvgIpc) is 3.20. The van der Waals surface area contributed by atoms with Gasteiger partial charge in [-0.25, -0.2) is 4.79 Å². The van der Waals surface area contributed by atoms with Crippen LogP contribution < -0.4 is 0 Å². The van der Waals surface area contributed by atoms with Gasteiger partial charge in [0.25, 0.3) is 0 Å². The standard InChI is InChI=1S/C27H27NO2S/c1-2-30-27(29)26-25(22-14-5-6-15-23(22)28-26)19-11-7-12-20(17-19)31-24-16-8-10-18-9-3-4-13-21(18)24/h3-6,8-10,13-16,19-20,28H,2,7,11-12,17H2,1H3. The summed E-state index contributed by atoms with van der Waals surface area (Å²) in [5, 5.41) is 4.32. The second-order valence-corrected chi connectivity index (χ2v) is 9.60. The Bertz CT molecular complexity index is 1220. The summed E-state index contributed by atoms with van der Waals surface area (Å²) in [4.78, 5) is 17.4. The van der Waals surface area contributed by atoms with Crippen molar-refractivity contribution in [2.24, 2.45) is 0 Å². The summed E-state index contributed by atoms with van der Waals surface area (Å²) in [5.74, 6) is 0.120. The van der Waals surface area contributed by atoms with E-state index in [-0.39, 0.29) is 5.97 Å². The zero-order valence-corrected chi connectivity index (χ0v) is 18.6. The smallest absolute Gasteiger partial charge is 0.355 e. The number of para-hydroxylation sites is 1. The SMILES string of the molecule is CCOC(=O)c1[nH]c2ccccc2c1C1CCCC(Sc2cccc3ccccc23)C1. The number of carbonyl (C=O) groups is 1. The Morgan fingerprint density at radius 1 is 1.00 bits per heavy atom. The predicted molar refractivity (Wildman–Crippen MR) is 129 cm³/mol. The maximum atomic E-state index is 12.7. The van der Waals surface area contributed by atoms with Crippen LogP contribution in [-0.2, 0) is 4.74 Å². The summed E-state index contributed by atoms with van der Waals surface area (Å²) in [5.41, 5.74) is 2.81. The highest BCUT2D eigenvalue weighted by Gasteiger charge is 2.30. The molecular weight excluding hydrogens is 402 g/mol. The van der Waals surface area contributed by atoms with Gasteiger partial charge in [-0.3, -0.25) is 0 Å². The first-order valence-corrected chi connectivity index (χ1v) is 12.0. The maximum Gasteiger partial charge on any atom is 0.355 e. The van der Waals surface area contributed by atoms with E-state index in [1.807, 2.05) is 30.8 Å². The van der Waals surface area contributed by atoms with E-state index in [9.17, 15) is 4.79 Å². The number of thioether (sulfide) groups is 1. The molecule has 4 heteroatoms. The topological polar surface area (TPSA) is 42.1 Å². The molecule has 1 aliphatic carbocycles. The Kier molecular flexibility index (Phi) is 5.73. The van der Waals surface area contributed by atoms with E-state index >= 15 is 0 Å². The molecular formula is C27H27NO2S. The summed E-state index contributed by atoms with van der Waals surface area (Å²) in [7, 11) is 0. The normalized spacial score (nSPS) is 19.0. The monoisotopic (exact) mass is 429 g/mol. The molecule has 2 atom stereocenters. The van der Waals surface area contributed by atoms with Crippen LogP contribution >= 0.6 is 11.8 Å². The molecule has 1 saturated carbocycles. The highest BCUT2D eigenvalue weighted by atomic mass is 32.2. The van der Waals surface area contributed by atoms with Crippen molar-refractivity contribution in [2.75, 3.05) is 6.61 Å². The lowest BCUT2D eigenvalue weighted by atomic mass is 9.82. The van der Waals surface area contributed by atoms with E-state index in [1.54, 1.807) is 0 Å². The zero-order valence-electron chi connectivity index (χ0n) is 17.8. The van der Waals surface area contributed by atoms with Crippen LogP contribution in [-0.4, -0.2) is 22.8 Å². The van der Waals surface area contributed by atoms with Gasteiger partial charge >= 0.3 is 5.97 Å². The van der Waals surface area contributed by atoms with Gasteiger partial charge < -0.3 is 9.72 Å². The van der Waals surface area contributed by atoms with Gasteiger partial charge in [-0.15, -0.1) is 11.8 Å². The molecule has 0 aliphatic heterocycles. The summed E-state index contributed by atoms with van der Waals surface area (Å²) >= 11 is 2.00. The number of nitrogens with one attached hydrogen (secondary N) is 1. The van der Waals surface area contributed by atoms with Crippen LogP contribution in [0.4, 0.5) is 0 Å². The van der Waals surface area contributed by atoms with Crippen LogP contribution in [0.15, 0.2) is 71.6 Å². The van der Waals surface area contributed by atoms with Crippen molar-refractivity contribution in [3.8, 4) is 0 Å². The molecule has 1 fully saturated rings. The highest BCUT2D eigenvalue weighted by molar-refractivity contribution is 8.00. The second-order valence-electron chi connectivity index (χ2n) is 8.26. The lowest BCUT2D eigenvalue weighted by molar-refractivity contribution is 0.0518. The van der Waals surface area contributed by atoms with E-state index in [1.165, 1.54) is 28.5 Å². The number of rotatable bonds is 5. The minimum Gasteiger partial charge on any atom is -0.461 e. The zero-order chi connectivity index (χ0) is 21.2. The van der Waals surface area contributed by atoms with E-state index in [2.05, 4.69) is 59.6 Å². The van der Waals surface area contributed by atoms with Crippen LogP contribution in [0.1, 0.15) is 54.6 Å². The molecule has 0 bridgehead atoms. The number of carbonyl (C=O) groups excluding carboxylic acids is 1. The minimum atomic E-state index is -0.238. The number of fused-ring (bicyclic) bond motifs is 2. The highest BCUT2D eigenvalue weighted by Crippen LogP contribution is 2.44. The fourth-order valence-electron chi connectivity index (χ4n) is 4.94. The first-order chi connectivity index (χ1) is 15.2. The van der Waals surface area contributed by atoms with Crippen LogP contribution in [0.5, 0.6) is 0 Å². The third-order valence-corrected chi connectivity index (χ3v) is 7.67. The molecule has 158 valence electrons. The third-order valence-electron chi connectivity index (χ3n) is 6.30. The molecule has 0 amide bonds. The summed E-state index contributed by atoms with van der Waals surface area (Å²) in [6.07, 6.45) is 4.57. The summed E-state index contributed by atoms with van der Waals surface area (Å²) in [6.45, 7) is 2.25. The van der Waals surface area contributed by atoms with Crippen LogP contribution in [0.3, 0.4) is 0 Å². The molecule has 1 heterocycles. The van der Waals surface area contributed by atoms with Crippen molar-refractivity contribution in [1.29, 1.82) is 0 Å². The first-order valence-electron chi connectivity index (χ1n) is 11.2. The summed E-state index contributed by atoms with van der Waals surface area (Å²) in [6, 6.07) is 23.4. The van der Waals surface area contributed by atoms with Crippen LogP contribution in [0.2, 0.25) is 0 Å². The van der Waals surface area contributed by atoms with Gasteiger partial charge in [-0.1, -0.05) is 61.0 Å². The van der Waals surface area contributed by atoms with Crippen LogP contribution in [0, 0.1) is 0 Å². The third kappa shape index (κ3) is 3.97. The molecule has 4 aromatic rings. The molecule has 3 aromatic carbocycles. The number of hydrogen-bond donors (Lipinski definition) is 1. The second kappa shape index (κ2) is 8.80. The van der Waals surface area contributed by atoms with E-state index in [0.29, 0.717) is 23.5 Å². The lowest BCUT2D eigenvalue weighted by Crippen LogP contribution is -2.18. The largest absolute Gasteiger partial charge is 0.461 e. The molecule has 1 aromatic heterocycles. The van der Waals surface area contributed by atoms with Crippen molar-refractivity contribution in [3.05, 3.63) is 78.0 Å². The molecule has 3 nitrogen and oxygen atoms in total. The van der Waals surface area contributed by atoms with E-state index in [4.69, 9.17) is 4.74 Å². The Morgan fingerprint density at radius 3 is 2.65 bits per heavy atom. The molecule has 5 rings (SSSR count). The number of ether oxygens (including phenoxy) is 1. The van der Waals surface area contributed by atoms with Gasteiger partial charge in [0.1, 0.15) is 5.69 Å². The summed E-state index contributed by atoms with van der Waals surface area (Å²) < 4.78 is 5.38. The number of aromatic amines is 1. The number of hydrogen-bond acceptors (Lipinski definition) is 3. The van der Waals surface area contributed by atoms with E-state index in [0.717, 1.165) is 29.3 Å². The van der Waals surface area contributed by atoms with Crippen molar-refractivity contribution in [1.82, 2.24) is 4.98 Å². The van der Waals surface area contributed by atoms with Crippen molar-refractivity contribution < 1.29 is 9.53 Å². The van der Waals surface area contributed by atoms with Gasteiger partial charge in [0.05, 0.1) is 6.61 Å². The van der Waals surface area contributed by atoms with Crippen LogP contribution in [0.25, 0.3) is 21.7 Å². The number of aromatic nitrogens is 1. The fraction of sp³-hybridized carbons (Fsp3) is 0.296. The van der Waals surface area contributed by atoms with E-state index < -0.39 is 0 Å². The number of benzene rings is 3. The van der Waals surface area contributed by atoms with Gasteiger partial charge in [0.15, 0.2) is 0 Å². The molecule has 1 N–H and O–H groups in total. The quantitative estimate of drug-likeness (QED) is 0.338. The predicted octanol–water partition coefficient (Wildman–Crippen LogP) is 7.32. The number of H-pyrrole nitrogens is 1. The van der Waals surface area contributed by atoms with Gasteiger partial charge in [0.2, 0.25) is 0 Å². The fourth-order valence-corrected chi connectivity index (χ4v) is 6.39. The Hall–Kier alpha value is -2.72. The molecule has 2 unspecified atom stereocenters. The molecule has 31 heavy (non-hydrogen) atoms. The van der Waals surface area contributed by atoms with Gasteiger partial charge in [-0.2, -0.15) is 0 Å². The Labute approximate surface area is 187 Å². The minimum absolute atomic E-state index is 0.238. The Morgan fingerprint density at radius 2 is 1.77 bits per heavy atom. The van der Waals surface area contributed by atoms with Gasteiger partial charge in [-0.05, 0) is 60.6 Å². The molecule has 1 aliphatic rings. The maximum absolute atomic E-state index is 12.7. The average molecular weight is 430 g/mol. The first kappa shape index (κ1) is 20.2. The molecule has 0 saturated heterocycles. The van der Waals surface area contributed by atoms with Crippen molar-refractivity contribution in [2.45, 2.75) is 48.7 Å². The molecule has 0 radical (unpaired) electrons. The van der Waals surface area contributed by atoms with Gasteiger partial charge in [0, 0.05) is 21.0 Å². The van der Waals surface area contributed by atoms with Crippen molar-refractivity contribution >= 4 is 39.4 Å². The Balaban J connectivity index is 1.46. The lowest BCUT2D eigenvalue weighted by Gasteiger charge is -2.29.